The molecule has 0 rings (SSSR count). The number of aliphatic hydroxyl groups is 1. The maximum absolute atomic E-state index is 12.0. The highest BCUT2D eigenvalue weighted by Crippen LogP contribution is 2.12. The van der Waals surface area contributed by atoms with Crippen molar-refractivity contribution in [1.29, 1.82) is 0 Å². The van der Waals surface area contributed by atoms with Crippen molar-refractivity contribution in [2.45, 2.75) is 161 Å². The molecule has 0 heterocycles. The van der Waals surface area contributed by atoms with Gasteiger partial charge in [0, 0.05) is 13.0 Å². The van der Waals surface area contributed by atoms with E-state index in [1.807, 2.05) is 0 Å². The zero-order chi connectivity index (χ0) is 25.7. The summed E-state index contributed by atoms with van der Waals surface area (Å²) in [6.45, 7) is 5.31. The van der Waals surface area contributed by atoms with Crippen molar-refractivity contribution < 1.29 is 19.4 Å². The Morgan fingerprint density at radius 2 is 1.11 bits per heavy atom. The van der Waals surface area contributed by atoms with E-state index in [-0.39, 0.29) is 12.6 Å². The van der Waals surface area contributed by atoms with E-state index in [1.54, 1.807) is 0 Å². The average molecular weight is 497 g/mol. The Kier molecular flexibility index (Phi) is 28.6. The van der Waals surface area contributed by atoms with Gasteiger partial charge in [-0.25, -0.2) is 0 Å². The molecule has 1 atom stereocenters. The summed E-state index contributed by atoms with van der Waals surface area (Å²) in [7, 11) is 0. The molecule has 1 unspecified atom stereocenters. The van der Waals surface area contributed by atoms with Gasteiger partial charge in [-0.3, -0.25) is 4.79 Å². The number of hydrogen-bond donors (Lipinski definition) is 1. The van der Waals surface area contributed by atoms with E-state index >= 15 is 0 Å². The van der Waals surface area contributed by atoms with Gasteiger partial charge >= 0.3 is 5.97 Å². The van der Waals surface area contributed by atoms with E-state index in [0.29, 0.717) is 19.6 Å². The Morgan fingerprint density at radius 1 is 0.657 bits per heavy atom. The minimum atomic E-state index is -0.528. The lowest BCUT2D eigenvalue weighted by atomic mass is 10.1. The summed E-state index contributed by atoms with van der Waals surface area (Å²) in [6.07, 6.45) is 30.9. The molecule has 0 aliphatic rings. The van der Waals surface area contributed by atoms with Gasteiger partial charge < -0.3 is 14.6 Å². The van der Waals surface area contributed by atoms with E-state index in [4.69, 9.17) is 9.47 Å². The zero-order valence-corrected chi connectivity index (χ0v) is 23.6. The molecule has 0 fully saturated rings. The van der Waals surface area contributed by atoms with E-state index in [9.17, 15) is 9.90 Å². The number of hydrogen-bond acceptors (Lipinski definition) is 4. The van der Waals surface area contributed by atoms with Crippen LogP contribution < -0.4 is 0 Å². The Bertz CT molecular complexity index is 449. The second kappa shape index (κ2) is 29.4. The fourth-order valence-corrected chi connectivity index (χ4v) is 4.26. The molecule has 0 aromatic carbocycles. The first-order chi connectivity index (χ1) is 17.2. The molecule has 0 radical (unpaired) electrons. The first-order valence-electron chi connectivity index (χ1n) is 15.3. The van der Waals surface area contributed by atoms with Crippen molar-refractivity contribution in [3.63, 3.8) is 0 Å². The van der Waals surface area contributed by atoms with Gasteiger partial charge in [-0.1, -0.05) is 122 Å². The van der Waals surface area contributed by atoms with Crippen LogP contribution in [0.25, 0.3) is 0 Å². The summed E-state index contributed by atoms with van der Waals surface area (Å²) < 4.78 is 11.0. The lowest BCUT2D eigenvalue weighted by Gasteiger charge is -2.15. The maximum atomic E-state index is 12.0. The van der Waals surface area contributed by atoms with E-state index in [0.717, 1.165) is 19.3 Å². The van der Waals surface area contributed by atoms with Crippen LogP contribution in [-0.2, 0) is 14.3 Å². The van der Waals surface area contributed by atoms with Crippen LogP contribution in [0.3, 0.4) is 0 Å². The number of carbonyl (C=O) groups excluding carboxylic acids is 1. The van der Waals surface area contributed by atoms with Crippen LogP contribution in [0.5, 0.6) is 0 Å². The number of aliphatic hydroxyl groups excluding tert-OH is 1. The van der Waals surface area contributed by atoms with Gasteiger partial charge in [0.1, 0.15) is 6.10 Å². The highest BCUT2D eigenvalue weighted by Gasteiger charge is 2.13. The lowest BCUT2D eigenvalue weighted by Crippen LogP contribution is -2.27. The maximum Gasteiger partial charge on any atom is 0.306 e. The topological polar surface area (TPSA) is 55.8 Å². The van der Waals surface area contributed by atoms with Crippen molar-refractivity contribution in [2.24, 2.45) is 0 Å². The van der Waals surface area contributed by atoms with Crippen LogP contribution in [0.2, 0.25) is 0 Å². The van der Waals surface area contributed by atoms with Crippen LogP contribution in [0.4, 0.5) is 0 Å². The molecule has 0 spiro atoms. The molecule has 1 N–H and O–H groups in total. The number of carbonyl (C=O) groups is 1. The molecule has 0 aliphatic carbocycles. The fraction of sp³-hybridized carbons (Fsp3) is 0.903. The quantitative estimate of drug-likeness (QED) is 0.0666. The van der Waals surface area contributed by atoms with Gasteiger partial charge in [0.2, 0.25) is 0 Å². The molecular formula is C31H60O4. The van der Waals surface area contributed by atoms with Crippen molar-refractivity contribution >= 4 is 5.97 Å². The first-order valence-corrected chi connectivity index (χ1v) is 15.3. The Labute approximate surface area is 218 Å². The normalized spacial score (nSPS) is 12.4. The molecule has 208 valence electrons. The second-order valence-corrected chi connectivity index (χ2v) is 10.2. The van der Waals surface area contributed by atoms with E-state index in [1.165, 1.54) is 116 Å². The van der Waals surface area contributed by atoms with Gasteiger partial charge in [-0.15, -0.1) is 0 Å². The van der Waals surface area contributed by atoms with Gasteiger partial charge in [0.15, 0.2) is 0 Å². The standard InChI is InChI=1S/C31H60O4/c1-3-5-7-9-11-13-15-16-18-20-22-24-26-31(33)35-30(28-32)29-34-27-25-23-21-19-17-14-12-10-8-6-4-2/h11,13,30,32H,3-10,12,14-29H2,1-2H3/b13-11-. The molecule has 4 nitrogen and oxygen atoms in total. The molecule has 0 amide bonds. The summed E-state index contributed by atoms with van der Waals surface area (Å²) in [5.41, 5.74) is 0. The Balaban J connectivity index is 3.46. The van der Waals surface area contributed by atoms with Gasteiger partial charge in [0.25, 0.3) is 0 Å². The molecule has 35 heavy (non-hydrogen) atoms. The smallest absolute Gasteiger partial charge is 0.306 e. The molecule has 0 aliphatic heterocycles. The molecule has 0 aromatic heterocycles. The first kappa shape index (κ1) is 34.1. The van der Waals surface area contributed by atoms with Crippen LogP contribution in [0, 0.1) is 0 Å². The van der Waals surface area contributed by atoms with Crippen LogP contribution in [0.15, 0.2) is 12.2 Å². The average Bonchev–Trinajstić information content (AvgIpc) is 2.86. The molecule has 0 saturated heterocycles. The second-order valence-electron chi connectivity index (χ2n) is 10.2. The minimum absolute atomic E-state index is 0.171. The number of unbranched alkanes of at least 4 members (excludes halogenated alkanes) is 18. The largest absolute Gasteiger partial charge is 0.457 e. The third-order valence-electron chi connectivity index (χ3n) is 6.59. The molecule has 0 aromatic rings. The third-order valence-corrected chi connectivity index (χ3v) is 6.59. The molecular weight excluding hydrogens is 436 g/mol. The van der Waals surface area contributed by atoms with E-state index < -0.39 is 6.10 Å². The van der Waals surface area contributed by atoms with Crippen molar-refractivity contribution in [2.75, 3.05) is 19.8 Å². The monoisotopic (exact) mass is 496 g/mol. The number of allylic oxidation sites excluding steroid dienone is 2. The number of ether oxygens (including phenoxy) is 2. The highest BCUT2D eigenvalue weighted by atomic mass is 16.6. The molecule has 0 saturated carbocycles. The minimum Gasteiger partial charge on any atom is -0.457 e. The Hall–Kier alpha value is -0.870. The van der Waals surface area contributed by atoms with Crippen molar-refractivity contribution in [3.8, 4) is 0 Å². The SMILES string of the molecule is CCCCC/C=C\CCCCCCCC(=O)OC(CO)COCCCCCCCCCCCCC. The number of esters is 1. The number of rotatable bonds is 28. The van der Waals surface area contributed by atoms with Gasteiger partial charge in [-0.05, 0) is 38.5 Å². The van der Waals surface area contributed by atoms with Crippen LogP contribution in [-0.4, -0.2) is 37.0 Å². The predicted molar refractivity (Wildman–Crippen MR) is 150 cm³/mol. The van der Waals surface area contributed by atoms with Crippen LogP contribution in [0.1, 0.15) is 155 Å². The molecule has 0 bridgehead atoms. The van der Waals surface area contributed by atoms with Gasteiger partial charge in [-0.2, -0.15) is 0 Å². The third kappa shape index (κ3) is 27.6. The highest BCUT2D eigenvalue weighted by molar-refractivity contribution is 5.69. The van der Waals surface area contributed by atoms with Crippen molar-refractivity contribution in [3.05, 3.63) is 12.2 Å². The zero-order valence-electron chi connectivity index (χ0n) is 23.6. The van der Waals surface area contributed by atoms with E-state index in [2.05, 4.69) is 26.0 Å². The summed E-state index contributed by atoms with van der Waals surface area (Å²) in [4.78, 5) is 12.0. The summed E-state index contributed by atoms with van der Waals surface area (Å²) in [5.74, 6) is -0.211. The predicted octanol–water partition coefficient (Wildman–Crippen LogP) is 9.09. The lowest BCUT2D eigenvalue weighted by molar-refractivity contribution is -0.154. The van der Waals surface area contributed by atoms with Crippen molar-refractivity contribution in [1.82, 2.24) is 0 Å². The Morgan fingerprint density at radius 3 is 1.69 bits per heavy atom. The fourth-order valence-electron chi connectivity index (χ4n) is 4.26. The summed E-state index contributed by atoms with van der Waals surface area (Å²) in [5, 5.41) is 9.48. The van der Waals surface area contributed by atoms with Crippen LogP contribution >= 0.6 is 0 Å². The van der Waals surface area contributed by atoms with Gasteiger partial charge in [0.05, 0.1) is 13.2 Å². The molecule has 4 heteroatoms. The summed E-state index contributed by atoms with van der Waals surface area (Å²) >= 11 is 0. The summed E-state index contributed by atoms with van der Waals surface area (Å²) in [6, 6.07) is 0.